The van der Waals surface area contributed by atoms with Crippen molar-refractivity contribution in [1.29, 1.82) is 0 Å². The highest BCUT2D eigenvalue weighted by molar-refractivity contribution is 7.91. The molecule has 5 rings (SSSR count). The SMILES string of the molecule is CCC1CC1C(=O)NS(=O)(=O)C1(CCCC=CCCCCc2cccc3c2nc(OC2CC(C(N)=O)N(C(=O)C(NC(=O)OC(C)(C)C)C(C)(C)C)C2)n3C(C)C)CC1. The largest absolute Gasteiger partial charge is 0.459 e. The molecule has 4 N–H and O–H groups in total. The average molecular weight is 841 g/mol. The van der Waals surface area contributed by atoms with Crippen molar-refractivity contribution in [2.24, 2.45) is 23.0 Å². The summed E-state index contributed by atoms with van der Waals surface area (Å²) in [6.07, 6.45) is 11.9. The number of hydrogen-bond acceptors (Lipinski definition) is 9. The highest BCUT2D eigenvalue weighted by atomic mass is 32.2. The molecule has 5 atom stereocenters. The second kappa shape index (κ2) is 18.2. The van der Waals surface area contributed by atoms with Gasteiger partial charge in [-0.1, -0.05) is 58.4 Å². The minimum Gasteiger partial charge on any atom is -0.459 e. The Morgan fingerprint density at radius 2 is 1.69 bits per heavy atom. The molecule has 5 unspecified atom stereocenters. The van der Waals surface area contributed by atoms with Gasteiger partial charge in [0.1, 0.15) is 23.8 Å². The van der Waals surface area contributed by atoms with Gasteiger partial charge in [-0.2, -0.15) is 4.98 Å². The van der Waals surface area contributed by atoms with Crippen molar-refractivity contribution in [3.8, 4) is 6.01 Å². The van der Waals surface area contributed by atoms with Gasteiger partial charge in [0.25, 0.3) is 6.01 Å². The molecule has 4 amide bonds. The maximum Gasteiger partial charge on any atom is 0.408 e. The Labute approximate surface area is 350 Å². The van der Waals surface area contributed by atoms with Crippen molar-refractivity contribution < 1.29 is 37.1 Å². The van der Waals surface area contributed by atoms with E-state index in [9.17, 15) is 27.6 Å². The van der Waals surface area contributed by atoms with Crippen LogP contribution >= 0.6 is 0 Å². The number of ether oxygens (including phenoxy) is 2. The van der Waals surface area contributed by atoms with Crippen LogP contribution in [0.15, 0.2) is 30.4 Å². The van der Waals surface area contributed by atoms with Gasteiger partial charge >= 0.3 is 6.09 Å². The van der Waals surface area contributed by atoms with E-state index in [0.717, 1.165) is 68.0 Å². The van der Waals surface area contributed by atoms with Gasteiger partial charge in [-0.25, -0.2) is 13.2 Å². The number of nitrogens with two attached hydrogens (primary N) is 1. The predicted molar refractivity (Wildman–Crippen MR) is 228 cm³/mol. The number of allylic oxidation sites excluding steroid dienone is 2. The maximum absolute atomic E-state index is 14.0. The van der Waals surface area contributed by atoms with Gasteiger partial charge in [-0.05, 0) is 122 Å². The number of fused-ring (bicyclic) bond motifs is 1. The molecule has 2 saturated carbocycles. The number of amides is 4. The number of rotatable bonds is 19. The van der Waals surface area contributed by atoms with E-state index in [0.29, 0.717) is 31.2 Å². The Bertz CT molecular complexity index is 1990. The van der Waals surface area contributed by atoms with Crippen molar-refractivity contribution in [1.82, 2.24) is 24.5 Å². The minimum atomic E-state index is -3.65. The Hall–Kier alpha value is -4.14. The van der Waals surface area contributed by atoms with Crippen LogP contribution in [0.25, 0.3) is 11.0 Å². The summed E-state index contributed by atoms with van der Waals surface area (Å²) in [6.45, 7) is 17.0. The van der Waals surface area contributed by atoms with Gasteiger partial charge in [0.15, 0.2) is 0 Å². The molecule has 0 spiro atoms. The van der Waals surface area contributed by atoms with E-state index in [1.165, 1.54) is 4.90 Å². The van der Waals surface area contributed by atoms with Crippen LogP contribution in [0.5, 0.6) is 6.01 Å². The van der Waals surface area contributed by atoms with E-state index in [1.807, 2.05) is 44.4 Å². The van der Waals surface area contributed by atoms with Gasteiger partial charge in [0.2, 0.25) is 27.7 Å². The third-order valence-corrected chi connectivity index (χ3v) is 14.1. The molecule has 15 heteroatoms. The van der Waals surface area contributed by atoms with Crippen LogP contribution in [0.2, 0.25) is 0 Å². The lowest BCUT2D eigenvalue weighted by Crippen LogP contribution is -2.58. The number of para-hydroxylation sites is 1. The summed E-state index contributed by atoms with van der Waals surface area (Å²) in [5.74, 6) is -1.25. The van der Waals surface area contributed by atoms with Crippen molar-refractivity contribution >= 4 is 44.9 Å². The number of nitrogens with one attached hydrogen (secondary N) is 2. The summed E-state index contributed by atoms with van der Waals surface area (Å²) in [7, 11) is -3.65. The molecule has 14 nitrogen and oxygen atoms in total. The van der Waals surface area contributed by atoms with Gasteiger partial charge < -0.3 is 25.4 Å². The zero-order valence-corrected chi connectivity index (χ0v) is 37.5. The molecular weight excluding hydrogens is 773 g/mol. The highest BCUT2D eigenvalue weighted by Crippen LogP contribution is 2.48. The second-order valence-electron chi connectivity index (χ2n) is 19.2. The summed E-state index contributed by atoms with van der Waals surface area (Å²) in [4.78, 5) is 58.3. The number of aryl methyl sites for hydroxylation is 1. The smallest absolute Gasteiger partial charge is 0.408 e. The Morgan fingerprint density at radius 1 is 1.02 bits per heavy atom. The number of benzene rings is 1. The lowest BCUT2D eigenvalue weighted by molar-refractivity contribution is -0.141. The molecule has 1 saturated heterocycles. The molecule has 2 aromatic rings. The fraction of sp³-hybridized carbons (Fsp3) is 0.705. The highest BCUT2D eigenvalue weighted by Gasteiger charge is 2.55. The van der Waals surface area contributed by atoms with Gasteiger partial charge in [0.05, 0.1) is 22.3 Å². The first-order chi connectivity index (χ1) is 27.6. The van der Waals surface area contributed by atoms with Crippen LogP contribution in [0.1, 0.15) is 145 Å². The third-order valence-electron chi connectivity index (χ3n) is 11.8. The number of carbonyl (C=O) groups is 4. The molecule has 1 aromatic heterocycles. The van der Waals surface area contributed by atoms with Gasteiger partial charge in [-0.15, -0.1) is 0 Å². The van der Waals surface area contributed by atoms with Crippen molar-refractivity contribution in [2.75, 3.05) is 6.54 Å². The summed E-state index contributed by atoms with van der Waals surface area (Å²) >= 11 is 0. The first-order valence-corrected chi connectivity index (χ1v) is 23.0. The Morgan fingerprint density at radius 3 is 2.27 bits per heavy atom. The molecule has 3 aliphatic rings. The number of nitrogens with zero attached hydrogens (tertiary/aromatic N) is 3. The Kier molecular flexibility index (Phi) is 14.2. The average Bonchev–Trinajstić information content (AvgIpc) is 4.03. The minimum absolute atomic E-state index is 0.00899. The van der Waals surface area contributed by atoms with E-state index in [4.69, 9.17) is 20.2 Å². The van der Waals surface area contributed by atoms with Crippen LogP contribution in [-0.2, 0) is 35.6 Å². The monoisotopic (exact) mass is 840 g/mol. The Balaban J connectivity index is 1.15. The zero-order valence-electron chi connectivity index (χ0n) is 36.6. The quantitative estimate of drug-likeness (QED) is 0.100. The third kappa shape index (κ3) is 11.4. The number of carbonyl (C=O) groups excluding carboxylic acids is 4. The van der Waals surface area contributed by atoms with E-state index in [2.05, 4.69) is 42.1 Å². The molecule has 1 aliphatic heterocycles. The lowest BCUT2D eigenvalue weighted by atomic mass is 9.85. The molecule has 3 fully saturated rings. The molecule has 1 aromatic carbocycles. The summed E-state index contributed by atoms with van der Waals surface area (Å²) < 4.78 is 41.6. The topological polar surface area (TPSA) is 192 Å². The number of unbranched alkanes of at least 4 members (excludes halogenated alkanes) is 3. The fourth-order valence-electron chi connectivity index (χ4n) is 8.21. The normalized spacial score (nSPS) is 22.1. The predicted octanol–water partition coefficient (Wildman–Crippen LogP) is 6.85. The van der Waals surface area contributed by atoms with Crippen LogP contribution in [0.3, 0.4) is 0 Å². The standard InChI is InChI=1S/C44H68N6O8S/c1-10-29-25-32(29)38(52)48-59(55,56)44(23-24-44)22-17-15-13-11-12-14-16-19-30-20-18-21-33-35(30)46-40(50(33)28(2)3)57-31-26-34(37(45)51)49(27-31)39(53)36(42(4,5)6)47-41(54)58-43(7,8)9/h11,13,18,20-21,28-29,31-32,34,36H,10,12,14-17,19,22-27H2,1-9H3,(H2,45,51)(H,47,54)(H,48,52). The molecule has 328 valence electrons. The lowest BCUT2D eigenvalue weighted by Gasteiger charge is -2.35. The summed E-state index contributed by atoms with van der Waals surface area (Å²) in [5, 5.41) is 2.73. The number of aromatic nitrogens is 2. The van der Waals surface area contributed by atoms with Crippen LogP contribution < -0.4 is 20.5 Å². The molecule has 59 heavy (non-hydrogen) atoms. The molecular formula is C44H68N6O8S. The number of imidazole rings is 1. The van der Waals surface area contributed by atoms with E-state index in [-0.39, 0.29) is 30.8 Å². The molecule has 2 aliphatic carbocycles. The van der Waals surface area contributed by atoms with E-state index in [1.54, 1.807) is 20.8 Å². The first kappa shape index (κ1) is 45.9. The number of primary amides is 1. The summed E-state index contributed by atoms with van der Waals surface area (Å²) in [5.41, 5.74) is 7.27. The summed E-state index contributed by atoms with van der Waals surface area (Å²) in [6, 6.07) is 4.64. The zero-order chi connectivity index (χ0) is 43.5. The van der Waals surface area contributed by atoms with Gasteiger partial charge in [0, 0.05) is 18.4 Å². The maximum atomic E-state index is 14.0. The number of likely N-dealkylation sites (tertiary alicyclic amines) is 1. The van der Waals surface area contributed by atoms with Crippen molar-refractivity contribution in [2.45, 2.75) is 174 Å². The van der Waals surface area contributed by atoms with E-state index >= 15 is 0 Å². The number of hydrogen-bond donors (Lipinski definition) is 3. The van der Waals surface area contributed by atoms with Crippen LogP contribution in [0.4, 0.5) is 4.79 Å². The van der Waals surface area contributed by atoms with E-state index < -0.39 is 61.9 Å². The number of alkyl carbamates (subject to hydrolysis) is 1. The molecule has 2 heterocycles. The van der Waals surface area contributed by atoms with Crippen LogP contribution in [0, 0.1) is 17.3 Å². The molecule has 0 radical (unpaired) electrons. The fourth-order valence-corrected chi connectivity index (χ4v) is 9.89. The van der Waals surface area contributed by atoms with Crippen molar-refractivity contribution in [3.63, 3.8) is 0 Å². The number of sulfonamides is 1. The van der Waals surface area contributed by atoms with Gasteiger partial charge in [-0.3, -0.25) is 23.7 Å². The van der Waals surface area contributed by atoms with Crippen molar-refractivity contribution in [3.05, 3.63) is 35.9 Å². The van der Waals surface area contributed by atoms with Crippen LogP contribution in [-0.4, -0.2) is 81.8 Å². The first-order valence-electron chi connectivity index (χ1n) is 21.5. The molecule has 0 bridgehead atoms. The second-order valence-corrected chi connectivity index (χ2v) is 21.3.